The minimum Gasteiger partial charge on any atom is -0.480 e. The number of nitrogens with two attached hydrogens (primary N) is 1. The lowest BCUT2D eigenvalue weighted by Gasteiger charge is -2.08. The molecule has 0 fully saturated rings. The van der Waals surface area contributed by atoms with Gasteiger partial charge >= 0.3 is 5.97 Å². The first-order chi connectivity index (χ1) is 7.18. The minimum absolute atomic E-state index is 0.409. The molecule has 78 valence electrons. The van der Waals surface area contributed by atoms with Crippen molar-refractivity contribution in [3.8, 4) is 0 Å². The van der Waals surface area contributed by atoms with Crippen LogP contribution in [0.4, 0.5) is 0 Å². The van der Waals surface area contributed by atoms with Gasteiger partial charge in [0, 0.05) is 0 Å². The summed E-state index contributed by atoms with van der Waals surface area (Å²) in [4.78, 5) is 10.6. The molecule has 0 saturated carbocycles. The molecule has 0 spiro atoms. The maximum Gasteiger partial charge on any atom is 0.320 e. The lowest BCUT2D eigenvalue weighted by atomic mass is 10.1. The van der Waals surface area contributed by atoms with Crippen LogP contribution in [-0.4, -0.2) is 17.1 Å². The summed E-state index contributed by atoms with van der Waals surface area (Å²) < 4.78 is 0. The molecule has 3 N–H and O–H groups in total. The number of hydrogen-bond donors (Lipinski definition) is 2. The van der Waals surface area contributed by atoms with Crippen molar-refractivity contribution in [1.29, 1.82) is 0 Å². The fraction of sp³-hybridized carbons (Fsp3) is 0.250. The van der Waals surface area contributed by atoms with Crippen LogP contribution in [0, 0.1) is 0 Å². The zero-order chi connectivity index (χ0) is 10.8. The van der Waals surface area contributed by atoms with E-state index in [1.807, 2.05) is 18.2 Å². The first-order valence-electron chi connectivity index (χ1n) is 4.94. The molecule has 0 amide bonds. The summed E-state index contributed by atoms with van der Waals surface area (Å²) in [5, 5.41) is 8.74. The molecule has 0 saturated heterocycles. The van der Waals surface area contributed by atoms with Crippen molar-refractivity contribution in [2.45, 2.75) is 18.9 Å². The Bertz CT molecular complexity index is 423. The van der Waals surface area contributed by atoms with Gasteiger partial charge in [0.2, 0.25) is 0 Å². The summed E-state index contributed by atoms with van der Waals surface area (Å²) in [6.45, 7) is 0. The van der Waals surface area contributed by atoms with Gasteiger partial charge in [-0.2, -0.15) is 0 Å². The quantitative estimate of drug-likeness (QED) is 0.737. The molecular weight excluding hydrogens is 194 g/mol. The third-order valence-corrected chi connectivity index (χ3v) is 2.69. The van der Waals surface area contributed by atoms with Gasteiger partial charge in [0.05, 0.1) is 0 Å². The number of fused-ring (bicyclic) bond motifs is 1. The zero-order valence-corrected chi connectivity index (χ0v) is 8.31. The van der Waals surface area contributed by atoms with E-state index in [1.165, 1.54) is 5.56 Å². The van der Waals surface area contributed by atoms with Crippen molar-refractivity contribution < 1.29 is 9.90 Å². The third kappa shape index (κ3) is 1.92. The number of carboxylic acids is 1. The maximum atomic E-state index is 10.6. The molecule has 1 aromatic carbocycles. The molecule has 15 heavy (non-hydrogen) atoms. The summed E-state index contributed by atoms with van der Waals surface area (Å²) in [7, 11) is 0. The van der Waals surface area contributed by atoms with Crippen LogP contribution in [0.2, 0.25) is 0 Å². The van der Waals surface area contributed by atoms with Crippen LogP contribution >= 0.6 is 0 Å². The highest BCUT2D eigenvalue weighted by atomic mass is 16.4. The highest BCUT2D eigenvalue weighted by Crippen LogP contribution is 2.29. The van der Waals surface area contributed by atoms with E-state index in [9.17, 15) is 4.79 Å². The number of carboxylic acid groups (broad SMARTS) is 1. The molecule has 1 atom stereocenters. The standard InChI is InChI=1S/C12H13NO2/c13-11(12(14)15)7-9-6-5-8-3-1-2-4-10(8)9/h1-4,6,11H,5,7,13H2,(H,14,15)/i1+1,3+1,6+1,11+1. The number of carbonyl (C=O) groups is 1. The predicted molar refractivity (Wildman–Crippen MR) is 58.4 cm³/mol. The van der Waals surface area contributed by atoms with Gasteiger partial charge in [-0.25, -0.2) is 0 Å². The zero-order valence-electron chi connectivity index (χ0n) is 8.31. The van der Waals surface area contributed by atoms with Crippen LogP contribution < -0.4 is 5.73 Å². The Labute approximate surface area is 88.2 Å². The van der Waals surface area contributed by atoms with Crippen LogP contribution in [0.5, 0.6) is 0 Å². The normalized spacial score (nSPS) is 15.7. The first-order valence-corrected chi connectivity index (χ1v) is 4.94. The summed E-state index contributed by atoms with van der Waals surface area (Å²) in [5.74, 6) is -0.944. The molecule has 1 unspecified atom stereocenters. The van der Waals surface area contributed by atoms with Crippen LogP contribution in [-0.2, 0) is 11.2 Å². The Balaban J connectivity index is 2.17. The SMILES string of the molecule is N[13CH](CC1=[13CH]Cc2[13cH][13cH]ccc21)C(=O)O. The van der Waals surface area contributed by atoms with Gasteiger partial charge in [-0.15, -0.1) is 0 Å². The van der Waals surface area contributed by atoms with Gasteiger partial charge in [0.25, 0.3) is 0 Å². The number of allylic oxidation sites excluding steroid dienone is 1. The lowest BCUT2D eigenvalue weighted by molar-refractivity contribution is -0.138. The molecule has 1 aliphatic rings. The average Bonchev–Trinajstić information content (AvgIpc) is 2.62. The van der Waals surface area contributed by atoms with Crippen molar-refractivity contribution in [1.82, 2.24) is 0 Å². The van der Waals surface area contributed by atoms with Gasteiger partial charge in [0.15, 0.2) is 0 Å². The third-order valence-electron chi connectivity index (χ3n) is 2.69. The number of benzene rings is 1. The Morgan fingerprint density at radius 3 is 2.93 bits per heavy atom. The molecule has 0 bridgehead atoms. The van der Waals surface area contributed by atoms with E-state index in [0.717, 1.165) is 17.6 Å². The van der Waals surface area contributed by atoms with Crippen molar-refractivity contribution in [2.75, 3.05) is 0 Å². The molecule has 0 aliphatic heterocycles. The topological polar surface area (TPSA) is 63.3 Å². The van der Waals surface area contributed by atoms with E-state index in [0.29, 0.717) is 6.42 Å². The van der Waals surface area contributed by atoms with E-state index < -0.39 is 12.0 Å². The Hall–Kier alpha value is -1.61. The second kappa shape index (κ2) is 3.87. The van der Waals surface area contributed by atoms with Gasteiger partial charge in [-0.1, -0.05) is 30.3 Å². The molecule has 0 heterocycles. The van der Waals surface area contributed by atoms with Gasteiger partial charge < -0.3 is 10.8 Å². The van der Waals surface area contributed by atoms with Crippen LogP contribution in [0.1, 0.15) is 17.5 Å². The van der Waals surface area contributed by atoms with E-state index in [-0.39, 0.29) is 0 Å². The fourth-order valence-corrected chi connectivity index (χ4v) is 1.87. The van der Waals surface area contributed by atoms with Crippen molar-refractivity contribution >= 4 is 11.5 Å². The van der Waals surface area contributed by atoms with Crippen molar-refractivity contribution in [3.05, 3.63) is 41.5 Å². The highest BCUT2D eigenvalue weighted by molar-refractivity contribution is 5.80. The first kappa shape index (κ1) is 9.93. The predicted octanol–water partition coefficient (Wildman–Crippen LogP) is 1.43. The van der Waals surface area contributed by atoms with E-state index in [1.54, 1.807) is 0 Å². The van der Waals surface area contributed by atoms with Gasteiger partial charge in [0.1, 0.15) is 6.04 Å². The minimum atomic E-state index is -0.944. The number of rotatable bonds is 3. The highest BCUT2D eigenvalue weighted by Gasteiger charge is 2.19. The van der Waals surface area contributed by atoms with Crippen molar-refractivity contribution in [3.63, 3.8) is 0 Å². The molecule has 2 rings (SSSR count). The van der Waals surface area contributed by atoms with E-state index >= 15 is 0 Å². The molecule has 3 heteroatoms. The maximum absolute atomic E-state index is 10.6. The second-order valence-electron chi connectivity index (χ2n) is 3.74. The number of aliphatic carboxylic acids is 1. The summed E-state index contributed by atoms with van der Waals surface area (Å²) in [5.41, 5.74) is 8.97. The molecular formula is C12H13NO2. The smallest absolute Gasteiger partial charge is 0.320 e. The Morgan fingerprint density at radius 2 is 2.20 bits per heavy atom. The Kier molecular flexibility index (Phi) is 2.56. The van der Waals surface area contributed by atoms with E-state index in [2.05, 4.69) is 12.1 Å². The lowest BCUT2D eigenvalue weighted by Crippen LogP contribution is -2.30. The second-order valence-corrected chi connectivity index (χ2v) is 3.74. The van der Waals surface area contributed by atoms with Crippen LogP contribution in [0.3, 0.4) is 0 Å². The summed E-state index contributed by atoms with van der Waals surface area (Å²) in [6, 6.07) is 7.23. The average molecular weight is 207 g/mol. The van der Waals surface area contributed by atoms with Gasteiger partial charge in [-0.05, 0) is 29.5 Å². The number of hydrogen-bond acceptors (Lipinski definition) is 2. The van der Waals surface area contributed by atoms with E-state index in [4.69, 9.17) is 10.8 Å². The van der Waals surface area contributed by atoms with Crippen molar-refractivity contribution in [2.24, 2.45) is 5.73 Å². The summed E-state index contributed by atoms with van der Waals surface area (Å²) in [6.07, 6.45) is 3.36. The summed E-state index contributed by atoms with van der Waals surface area (Å²) >= 11 is 0. The van der Waals surface area contributed by atoms with Crippen LogP contribution in [0.25, 0.3) is 5.57 Å². The monoisotopic (exact) mass is 207 g/mol. The molecule has 0 radical (unpaired) electrons. The Morgan fingerprint density at radius 1 is 1.47 bits per heavy atom. The van der Waals surface area contributed by atoms with Crippen LogP contribution in [0.15, 0.2) is 30.3 Å². The molecule has 3 nitrogen and oxygen atoms in total. The molecule has 1 aromatic rings. The molecule has 0 aromatic heterocycles. The molecule has 1 aliphatic carbocycles. The van der Waals surface area contributed by atoms with Gasteiger partial charge in [-0.3, -0.25) is 4.79 Å². The fourth-order valence-electron chi connectivity index (χ4n) is 1.87. The largest absolute Gasteiger partial charge is 0.480 e.